The first-order valence-corrected chi connectivity index (χ1v) is 6.93. The summed E-state index contributed by atoms with van der Waals surface area (Å²) in [5, 5.41) is 7.90. The predicted octanol–water partition coefficient (Wildman–Crippen LogP) is 2.83. The minimum atomic E-state index is -0.504. The van der Waals surface area contributed by atoms with Crippen LogP contribution in [0.4, 0.5) is 4.79 Å². The Balaban J connectivity index is 2.10. The standard InChI is InChI=1S/C13H20N6O2/c1-13(2,3)21-12(20)18-5-4-6-19-11(9-18)7-10(16-19)8-15-17-14/h7H,4-6,8-9H2,1-3H3. The van der Waals surface area contributed by atoms with Crippen LogP contribution >= 0.6 is 0 Å². The molecule has 0 aromatic carbocycles. The Morgan fingerprint density at radius 1 is 1.52 bits per heavy atom. The maximum absolute atomic E-state index is 12.2. The zero-order valence-electron chi connectivity index (χ0n) is 12.6. The minimum Gasteiger partial charge on any atom is -0.444 e. The molecule has 0 bridgehead atoms. The number of hydrogen-bond acceptors (Lipinski definition) is 4. The number of hydrogen-bond donors (Lipinski definition) is 0. The van der Waals surface area contributed by atoms with Gasteiger partial charge in [0.1, 0.15) is 5.60 Å². The van der Waals surface area contributed by atoms with E-state index in [0.29, 0.717) is 18.8 Å². The van der Waals surface area contributed by atoms with E-state index in [9.17, 15) is 4.79 Å². The molecule has 0 spiro atoms. The number of azide groups is 1. The lowest BCUT2D eigenvalue weighted by atomic mass is 10.2. The molecule has 2 heterocycles. The molecule has 8 heteroatoms. The van der Waals surface area contributed by atoms with Gasteiger partial charge in [-0.05, 0) is 38.8 Å². The third-order valence-electron chi connectivity index (χ3n) is 3.01. The van der Waals surface area contributed by atoms with Gasteiger partial charge >= 0.3 is 6.09 Å². The number of aromatic nitrogens is 2. The second-order valence-corrected chi connectivity index (χ2v) is 5.99. The van der Waals surface area contributed by atoms with Crippen molar-refractivity contribution in [3.8, 4) is 0 Å². The molecule has 21 heavy (non-hydrogen) atoms. The number of aryl methyl sites for hydroxylation is 1. The number of rotatable bonds is 2. The average Bonchev–Trinajstić information content (AvgIpc) is 2.65. The van der Waals surface area contributed by atoms with Crippen molar-refractivity contribution in [2.45, 2.75) is 52.4 Å². The van der Waals surface area contributed by atoms with Gasteiger partial charge in [0.05, 0.1) is 24.5 Å². The van der Waals surface area contributed by atoms with Crippen LogP contribution in [-0.4, -0.2) is 32.9 Å². The summed E-state index contributed by atoms with van der Waals surface area (Å²) in [5.74, 6) is 0. The van der Waals surface area contributed by atoms with Crippen LogP contribution in [0.25, 0.3) is 10.4 Å². The Hall–Kier alpha value is -2.21. The molecule has 0 N–H and O–H groups in total. The summed E-state index contributed by atoms with van der Waals surface area (Å²) in [5.41, 5.74) is 9.50. The second kappa shape index (κ2) is 6.05. The van der Waals surface area contributed by atoms with Gasteiger partial charge in [-0.25, -0.2) is 4.79 Å². The Morgan fingerprint density at radius 3 is 2.95 bits per heavy atom. The number of carbonyl (C=O) groups is 1. The van der Waals surface area contributed by atoms with Gasteiger partial charge in [-0.3, -0.25) is 4.68 Å². The van der Waals surface area contributed by atoms with Gasteiger partial charge in [0.25, 0.3) is 0 Å². The van der Waals surface area contributed by atoms with Crippen molar-refractivity contribution in [1.29, 1.82) is 0 Å². The van der Waals surface area contributed by atoms with Gasteiger partial charge < -0.3 is 9.64 Å². The van der Waals surface area contributed by atoms with Gasteiger partial charge in [0, 0.05) is 18.0 Å². The SMILES string of the molecule is CC(C)(C)OC(=O)N1CCCn2nc(CN=[N+]=[N-])cc2C1. The first kappa shape index (κ1) is 15.2. The van der Waals surface area contributed by atoms with Crippen LogP contribution < -0.4 is 0 Å². The van der Waals surface area contributed by atoms with E-state index in [0.717, 1.165) is 18.7 Å². The maximum atomic E-state index is 12.2. The summed E-state index contributed by atoms with van der Waals surface area (Å²) in [7, 11) is 0. The summed E-state index contributed by atoms with van der Waals surface area (Å²) < 4.78 is 7.28. The molecule has 0 radical (unpaired) electrons. The fourth-order valence-corrected chi connectivity index (χ4v) is 2.19. The molecule has 2 rings (SSSR count). The second-order valence-electron chi connectivity index (χ2n) is 5.99. The van der Waals surface area contributed by atoms with Gasteiger partial charge in [0.2, 0.25) is 0 Å². The van der Waals surface area contributed by atoms with Crippen molar-refractivity contribution in [3.63, 3.8) is 0 Å². The smallest absolute Gasteiger partial charge is 0.410 e. The monoisotopic (exact) mass is 292 g/mol. The first-order valence-electron chi connectivity index (χ1n) is 6.93. The van der Waals surface area contributed by atoms with Crippen molar-refractivity contribution < 1.29 is 9.53 Å². The zero-order chi connectivity index (χ0) is 15.5. The summed E-state index contributed by atoms with van der Waals surface area (Å²) in [6, 6.07) is 1.87. The van der Waals surface area contributed by atoms with E-state index in [1.807, 2.05) is 31.5 Å². The van der Waals surface area contributed by atoms with Gasteiger partial charge in [-0.2, -0.15) is 5.10 Å². The van der Waals surface area contributed by atoms with Crippen LogP contribution in [0.2, 0.25) is 0 Å². The number of nitrogens with zero attached hydrogens (tertiary/aromatic N) is 6. The molecule has 1 aromatic heterocycles. The van der Waals surface area contributed by atoms with E-state index < -0.39 is 5.60 Å². The first-order chi connectivity index (χ1) is 9.89. The van der Waals surface area contributed by atoms with Crippen LogP contribution in [0, 0.1) is 0 Å². The van der Waals surface area contributed by atoms with Crippen molar-refractivity contribution in [3.05, 3.63) is 27.9 Å². The molecular weight excluding hydrogens is 272 g/mol. The number of carbonyl (C=O) groups excluding carboxylic acids is 1. The Kier molecular flexibility index (Phi) is 4.37. The normalized spacial score (nSPS) is 14.9. The molecule has 114 valence electrons. The van der Waals surface area contributed by atoms with Crippen LogP contribution in [0.1, 0.15) is 38.6 Å². The summed E-state index contributed by atoms with van der Waals surface area (Å²) in [6.07, 6.45) is 0.503. The van der Waals surface area contributed by atoms with E-state index in [1.165, 1.54) is 0 Å². The molecule has 0 aliphatic carbocycles. The van der Waals surface area contributed by atoms with Crippen LogP contribution in [0.5, 0.6) is 0 Å². The molecule has 1 aromatic rings. The lowest BCUT2D eigenvalue weighted by Gasteiger charge is -2.26. The van der Waals surface area contributed by atoms with Crippen molar-refractivity contribution in [2.75, 3.05) is 6.54 Å². The number of fused-ring (bicyclic) bond motifs is 1. The van der Waals surface area contributed by atoms with Gasteiger partial charge in [-0.1, -0.05) is 5.11 Å². The summed E-state index contributed by atoms with van der Waals surface area (Å²) in [6.45, 7) is 7.62. The number of amides is 1. The molecule has 1 amide bonds. The molecule has 8 nitrogen and oxygen atoms in total. The fraction of sp³-hybridized carbons (Fsp3) is 0.692. The summed E-state index contributed by atoms with van der Waals surface area (Å²) >= 11 is 0. The fourth-order valence-electron chi connectivity index (χ4n) is 2.19. The molecule has 0 atom stereocenters. The largest absolute Gasteiger partial charge is 0.444 e. The molecule has 0 unspecified atom stereocenters. The highest BCUT2D eigenvalue weighted by Crippen LogP contribution is 2.17. The third kappa shape index (κ3) is 4.13. The minimum absolute atomic E-state index is 0.225. The van der Waals surface area contributed by atoms with Crippen LogP contribution in [-0.2, 0) is 24.4 Å². The molecule has 0 fully saturated rings. The maximum Gasteiger partial charge on any atom is 0.410 e. The van der Waals surface area contributed by atoms with Crippen molar-refractivity contribution >= 4 is 6.09 Å². The molecule has 1 aliphatic heterocycles. The van der Waals surface area contributed by atoms with Gasteiger partial charge in [0.15, 0.2) is 0 Å². The Labute approximate surface area is 123 Å². The number of ether oxygens (including phenoxy) is 1. The van der Waals surface area contributed by atoms with Crippen molar-refractivity contribution in [1.82, 2.24) is 14.7 Å². The Morgan fingerprint density at radius 2 is 2.29 bits per heavy atom. The molecular formula is C13H20N6O2. The van der Waals surface area contributed by atoms with E-state index in [-0.39, 0.29) is 12.6 Å². The lowest BCUT2D eigenvalue weighted by molar-refractivity contribution is 0.0236. The van der Waals surface area contributed by atoms with Gasteiger partial charge in [-0.15, -0.1) is 0 Å². The van der Waals surface area contributed by atoms with E-state index >= 15 is 0 Å². The topological polar surface area (TPSA) is 96.1 Å². The average molecular weight is 292 g/mol. The highest BCUT2D eigenvalue weighted by Gasteiger charge is 2.25. The predicted molar refractivity (Wildman–Crippen MR) is 76.3 cm³/mol. The highest BCUT2D eigenvalue weighted by molar-refractivity contribution is 5.68. The quantitative estimate of drug-likeness (QED) is 0.476. The molecule has 1 aliphatic rings. The lowest BCUT2D eigenvalue weighted by Crippen LogP contribution is -2.36. The third-order valence-corrected chi connectivity index (χ3v) is 3.01. The molecule has 0 saturated heterocycles. The highest BCUT2D eigenvalue weighted by atomic mass is 16.6. The van der Waals surface area contributed by atoms with E-state index in [1.54, 1.807) is 4.90 Å². The van der Waals surface area contributed by atoms with Crippen molar-refractivity contribution in [2.24, 2.45) is 5.11 Å². The zero-order valence-corrected chi connectivity index (χ0v) is 12.6. The molecule has 0 saturated carbocycles. The van der Waals surface area contributed by atoms with Crippen LogP contribution in [0.15, 0.2) is 11.2 Å². The van der Waals surface area contributed by atoms with E-state index in [2.05, 4.69) is 15.1 Å². The van der Waals surface area contributed by atoms with Crippen LogP contribution in [0.3, 0.4) is 0 Å². The van der Waals surface area contributed by atoms with E-state index in [4.69, 9.17) is 10.3 Å². The Bertz CT molecular complexity index is 568. The summed E-state index contributed by atoms with van der Waals surface area (Å²) in [4.78, 5) is 16.6.